The van der Waals surface area contributed by atoms with Gasteiger partial charge in [-0.15, -0.1) is 0 Å². The van der Waals surface area contributed by atoms with E-state index in [9.17, 15) is 23.0 Å². The molecule has 0 fully saturated rings. The van der Waals surface area contributed by atoms with Crippen molar-refractivity contribution in [2.24, 2.45) is 0 Å². The van der Waals surface area contributed by atoms with E-state index in [1.807, 2.05) is 6.92 Å². The molecular formula is C30H31ClF2N2O4S. The molecule has 0 spiro atoms. The van der Waals surface area contributed by atoms with Gasteiger partial charge in [-0.1, -0.05) is 23.7 Å². The van der Waals surface area contributed by atoms with Crippen LogP contribution in [0.4, 0.5) is 8.78 Å². The minimum Gasteiger partial charge on any atom is -0.392 e. The zero-order valence-electron chi connectivity index (χ0n) is 23.1. The summed E-state index contributed by atoms with van der Waals surface area (Å²) in [5.74, 6) is -0.874. The molecule has 0 aliphatic rings. The lowest BCUT2D eigenvalue weighted by atomic mass is 9.83. The number of halogens is 3. The van der Waals surface area contributed by atoms with Crippen molar-refractivity contribution >= 4 is 21.4 Å². The topological polar surface area (TPSA) is 92.4 Å². The summed E-state index contributed by atoms with van der Waals surface area (Å²) < 4.78 is 56.2. The van der Waals surface area contributed by atoms with Crippen molar-refractivity contribution in [2.75, 3.05) is 6.26 Å². The number of benzene rings is 3. The third-order valence-electron chi connectivity index (χ3n) is 6.98. The molecule has 3 aromatic carbocycles. The average Bonchev–Trinajstić information content (AvgIpc) is 3.29. The number of hydrogen-bond acceptors (Lipinski definition) is 5. The first-order valence-electron chi connectivity index (χ1n) is 12.5. The molecule has 0 saturated carbocycles. The van der Waals surface area contributed by atoms with Crippen LogP contribution in [0, 0.1) is 18.6 Å². The van der Waals surface area contributed by atoms with Gasteiger partial charge < -0.3 is 14.8 Å². The van der Waals surface area contributed by atoms with Crippen molar-refractivity contribution < 1.29 is 27.4 Å². The van der Waals surface area contributed by atoms with Crippen molar-refractivity contribution in [2.45, 2.75) is 57.1 Å². The second-order valence-electron chi connectivity index (χ2n) is 11.0. The Kier molecular flexibility index (Phi) is 7.75. The van der Waals surface area contributed by atoms with E-state index in [4.69, 9.17) is 16.6 Å². The molecule has 40 heavy (non-hydrogen) atoms. The van der Waals surface area contributed by atoms with E-state index in [1.165, 1.54) is 24.3 Å². The van der Waals surface area contributed by atoms with Gasteiger partial charge in [0.15, 0.2) is 9.84 Å². The third kappa shape index (κ3) is 5.43. The van der Waals surface area contributed by atoms with Gasteiger partial charge in [0.1, 0.15) is 23.1 Å². The van der Waals surface area contributed by atoms with Gasteiger partial charge in [-0.25, -0.2) is 22.2 Å². The molecule has 0 amide bonds. The monoisotopic (exact) mass is 588 g/mol. The Bertz CT molecular complexity index is 1700. The highest BCUT2D eigenvalue weighted by atomic mass is 35.5. The molecule has 2 N–H and O–H groups in total. The quantitative estimate of drug-likeness (QED) is 0.267. The smallest absolute Gasteiger partial charge is 0.176 e. The maximum Gasteiger partial charge on any atom is 0.176 e. The lowest BCUT2D eigenvalue weighted by Crippen LogP contribution is -2.26. The number of aromatic nitrogens is 2. The van der Waals surface area contributed by atoms with Gasteiger partial charge in [-0.2, -0.15) is 0 Å². The molecule has 4 rings (SSSR count). The number of imidazole rings is 1. The van der Waals surface area contributed by atoms with Crippen molar-refractivity contribution in [1.29, 1.82) is 0 Å². The van der Waals surface area contributed by atoms with Gasteiger partial charge in [-0.05, 0) is 87.7 Å². The lowest BCUT2D eigenvalue weighted by molar-refractivity contribution is 0.0740. The number of aliphatic hydroxyl groups excluding tert-OH is 1. The summed E-state index contributed by atoms with van der Waals surface area (Å²) >= 11 is 6.44. The minimum absolute atomic E-state index is 0.242. The molecule has 0 bridgehead atoms. The van der Waals surface area contributed by atoms with Crippen molar-refractivity contribution in [3.8, 4) is 16.8 Å². The zero-order valence-corrected chi connectivity index (χ0v) is 24.6. The first kappa shape index (κ1) is 29.9. The summed E-state index contributed by atoms with van der Waals surface area (Å²) in [5.41, 5.74) is 0.289. The second-order valence-corrected chi connectivity index (χ2v) is 13.4. The molecule has 10 heteroatoms. The van der Waals surface area contributed by atoms with E-state index >= 15 is 4.39 Å². The maximum atomic E-state index is 15.1. The molecule has 0 unspecified atom stereocenters. The number of hydrogen-bond donors (Lipinski definition) is 2. The number of nitrogens with zero attached hydrogens (tertiary/aromatic N) is 2. The van der Waals surface area contributed by atoms with Crippen LogP contribution in [0.25, 0.3) is 16.8 Å². The van der Waals surface area contributed by atoms with Gasteiger partial charge >= 0.3 is 0 Å². The standard InChI is InChI=1S/C30H31ClF2N2O4S/c1-17-12-18(19-13-23(33)20(16-36)25(14-19)40(6,38)39)10-11-24(17)35-15-26(30(4,5)37)34-28(35)29(2,3)27-21(31)8-7-9-22(27)32/h7-15,36-37H,16H2,1-6H3. The molecule has 212 valence electrons. The first-order valence-corrected chi connectivity index (χ1v) is 14.8. The van der Waals surface area contributed by atoms with E-state index in [2.05, 4.69) is 0 Å². The van der Waals surface area contributed by atoms with Crippen LogP contribution in [-0.2, 0) is 27.5 Å². The highest BCUT2D eigenvalue weighted by molar-refractivity contribution is 7.90. The Labute approximate surface area is 237 Å². The maximum absolute atomic E-state index is 15.1. The van der Waals surface area contributed by atoms with Crippen LogP contribution < -0.4 is 0 Å². The van der Waals surface area contributed by atoms with E-state index in [1.54, 1.807) is 62.7 Å². The van der Waals surface area contributed by atoms with Crippen LogP contribution in [-0.4, -0.2) is 34.4 Å². The second kappa shape index (κ2) is 10.4. The van der Waals surface area contributed by atoms with Gasteiger partial charge in [0.25, 0.3) is 0 Å². The van der Waals surface area contributed by atoms with Crippen molar-refractivity contribution in [3.63, 3.8) is 0 Å². The Morgan fingerprint density at radius 2 is 1.68 bits per heavy atom. The van der Waals surface area contributed by atoms with Crippen LogP contribution in [0.5, 0.6) is 0 Å². The molecule has 6 nitrogen and oxygen atoms in total. The largest absolute Gasteiger partial charge is 0.392 e. The highest BCUT2D eigenvalue weighted by Gasteiger charge is 2.36. The van der Waals surface area contributed by atoms with Crippen molar-refractivity contribution in [3.05, 3.63) is 99.6 Å². The summed E-state index contributed by atoms with van der Waals surface area (Å²) in [4.78, 5) is 4.45. The lowest BCUT2D eigenvalue weighted by Gasteiger charge is -2.28. The Morgan fingerprint density at radius 3 is 2.23 bits per heavy atom. The molecule has 0 atom stereocenters. The van der Waals surface area contributed by atoms with Crippen LogP contribution in [0.15, 0.2) is 59.6 Å². The normalized spacial score (nSPS) is 12.7. The van der Waals surface area contributed by atoms with Crippen LogP contribution in [0.3, 0.4) is 0 Å². The zero-order chi connectivity index (χ0) is 29.8. The molecule has 1 aromatic heterocycles. The fourth-order valence-electron chi connectivity index (χ4n) is 4.87. The van der Waals surface area contributed by atoms with E-state index in [0.29, 0.717) is 28.3 Å². The summed E-state index contributed by atoms with van der Waals surface area (Å²) in [7, 11) is -3.80. The molecule has 0 aliphatic heterocycles. The summed E-state index contributed by atoms with van der Waals surface area (Å²) in [6, 6.07) is 12.2. The predicted octanol–water partition coefficient (Wildman–Crippen LogP) is 6.23. The fourth-order valence-corrected chi connectivity index (χ4v) is 6.22. The van der Waals surface area contributed by atoms with Crippen molar-refractivity contribution in [1.82, 2.24) is 9.55 Å². The predicted molar refractivity (Wildman–Crippen MR) is 152 cm³/mol. The highest BCUT2D eigenvalue weighted by Crippen LogP contribution is 2.40. The Balaban J connectivity index is 1.92. The molecule has 0 saturated heterocycles. The summed E-state index contributed by atoms with van der Waals surface area (Å²) in [5, 5.41) is 20.5. The third-order valence-corrected chi connectivity index (χ3v) is 8.46. The number of aliphatic hydroxyl groups is 2. The number of sulfone groups is 1. The van der Waals surface area contributed by atoms with E-state index in [-0.39, 0.29) is 21.0 Å². The summed E-state index contributed by atoms with van der Waals surface area (Å²) in [6.07, 6.45) is 2.65. The van der Waals surface area contributed by atoms with E-state index < -0.39 is 39.1 Å². The average molecular weight is 589 g/mol. The SMILES string of the molecule is Cc1cc(-c2cc(F)c(CO)c(S(C)(=O)=O)c2)ccc1-n1cc(C(C)(C)O)nc1C(C)(C)c1c(F)cccc1Cl. The Morgan fingerprint density at radius 1 is 1.00 bits per heavy atom. The van der Waals surface area contributed by atoms with Gasteiger partial charge in [0.2, 0.25) is 0 Å². The van der Waals surface area contributed by atoms with Gasteiger partial charge in [0.05, 0.1) is 22.6 Å². The fraction of sp³-hybridized carbons (Fsp3) is 0.300. The van der Waals surface area contributed by atoms with Crippen LogP contribution >= 0.6 is 11.6 Å². The number of rotatable bonds is 7. The molecule has 0 aliphatic carbocycles. The molecular weight excluding hydrogens is 558 g/mol. The Hall–Kier alpha value is -3.11. The summed E-state index contributed by atoms with van der Waals surface area (Å²) in [6.45, 7) is 7.88. The van der Waals surface area contributed by atoms with E-state index in [0.717, 1.165) is 11.8 Å². The minimum atomic E-state index is -3.80. The number of aryl methyl sites for hydroxylation is 1. The van der Waals surface area contributed by atoms with Crippen LogP contribution in [0.2, 0.25) is 5.02 Å². The first-order chi connectivity index (χ1) is 18.5. The molecule has 0 radical (unpaired) electrons. The van der Waals surface area contributed by atoms with Gasteiger partial charge in [-0.3, -0.25) is 0 Å². The molecule has 4 aromatic rings. The van der Waals surface area contributed by atoms with Gasteiger partial charge in [0, 0.05) is 34.3 Å². The molecule has 1 heterocycles. The van der Waals surface area contributed by atoms with Crippen LogP contribution in [0.1, 0.15) is 55.9 Å².